The molecule has 3 aromatic rings. The van der Waals surface area contributed by atoms with Crippen LogP contribution in [-0.2, 0) is 4.79 Å². The van der Waals surface area contributed by atoms with Crippen LogP contribution in [0.2, 0.25) is 0 Å². The molecule has 0 aliphatic rings. The fourth-order valence-corrected chi connectivity index (χ4v) is 3.46. The molecule has 0 fully saturated rings. The number of hydrogen-bond acceptors (Lipinski definition) is 5. The van der Waals surface area contributed by atoms with Gasteiger partial charge < -0.3 is 10.1 Å². The molecule has 7 heteroatoms. The van der Waals surface area contributed by atoms with E-state index in [1.54, 1.807) is 44.4 Å². The molecule has 29 heavy (non-hydrogen) atoms. The Kier molecular flexibility index (Phi) is 6.39. The molecular weight excluding hydrogens is 386 g/mol. The highest BCUT2D eigenvalue weighted by molar-refractivity contribution is 8.00. The summed E-state index contributed by atoms with van der Waals surface area (Å²) in [5.41, 5.74) is 3.41. The topological polar surface area (TPSA) is 73.2 Å². The number of amides is 1. The second-order valence-corrected chi connectivity index (χ2v) is 8.03. The molecule has 0 spiro atoms. The van der Waals surface area contributed by atoms with Crippen molar-refractivity contribution in [2.75, 3.05) is 12.4 Å². The molecule has 0 radical (unpaired) electrons. The Morgan fingerprint density at radius 2 is 1.79 bits per heavy atom. The van der Waals surface area contributed by atoms with Crippen LogP contribution in [0.5, 0.6) is 5.75 Å². The number of aryl methyl sites for hydroxylation is 2. The van der Waals surface area contributed by atoms with Crippen LogP contribution in [0.4, 0.5) is 5.69 Å². The minimum Gasteiger partial charge on any atom is -0.497 e. The minimum atomic E-state index is -0.393. The number of ether oxygens (including phenoxy) is 1. The largest absolute Gasteiger partial charge is 0.497 e. The lowest BCUT2D eigenvalue weighted by atomic mass is 10.1. The summed E-state index contributed by atoms with van der Waals surface area (Å²) in [5.74, 6) is 0.578. The Balaban J connectivity index is 1.74. The number of aromatic nitrogens is 2. The lowest BCUT2D eigenvalue weighted by Crippen LogP contribution is -2.24. The van der Waals surface area contributed by atoms with Crippen LogP contribution < -0.4 is 15.6 Å². The van der Waals surface area contributed by atoms with Crippen molar-refractivity contribution in [1.82, 2.24) is 9.78 Å². The van der Waals surface area contributed by atoms with Crippen molar-refractivity contribution in [3.8, 4) is 11.4 Å². The zero-order valence-electron chi connectivity index (χ0n) is 16.8. The summed E-state index contributed by atoms with van der Waals surface area (Å²) >= 11 is 1.30. The molecule has 1 heterocycles. The van der Waals surface area contributed by atoms with E-state index in [-0.39, 0.29) is 11.5 Å². The highest BCUT2D eigenvalue weighted by Gasteiger charge is 2.16. The number of carbonyl (C=O) groups is 1. The molecular formula is C22H23N3O3S. The van der Waals surface area contributed by atoms with Gasteiger partial charge in [-0.05, 0) is 74.4 Å². The third-order valence-corrected chi connectivity index (χ3v) is 5.56. The quantitative estimate of drug-likeness (QED) is 0.624. The van der Waals surface area contributed by atoms with Gasteiger partial charge in [-0.3, -0.25) is 9.59 Å². The van der Waals surface area contributed by atoms with Crippen molar-refractivity contribution in [2.24, 2.45) is 0 Å². The number of rotatable bonds is 6. The number of carbonyl (C=O) groups excluding carboxylic acids is 1. The Hall–Kier alpha value is -3.06. The van der Waals surface area contributed by atoms with Gasteiger partial charge in [0.1, 0.15) is 10.8 Å². The molecule has 2 aromatic carbocycles. The first kappa shape index (κ1) is 20.7. The van der Waals surface area contributed by atoms with E-state index in [1.807, 2.05) is 32.0 Å². The van der Waals surface area contributed by atoms with E-state index in [0.717, 1.165) is 16.9 Å². The summed E-state index contributed by atoms with van der Waals surface area (Å²) in [4.78, 5) is 24.8. The number of thioether (sulfide) groups is 1. The fourth-order valence-electron chi connectivity index (χ4n) is 2.65. The average Bonchev–Trinajstić information content (AvgIpc) is 2.72. The van der Waals surface area contributed by atoms with E-state index < -0.39 is 5.25 Å². The molecule has 3 rings (SSSR count). The molecule has 6 nitrogen and oxygen atoms in total. The molecule has 0 saturated heterocycles. The van der Waals surface area contributed by atoms with Gasteiger partial charge in [0.05, 0.1) is 18.0 Å². The van der Waals surface area contributed by atoms with Crippen molar-refractivity contribution in [3.05, 3.63) is 76.1 Å². The predicted octanol–water partition coefficient (Wildman–Crippen LogP) is 3.98. The predicted molar refractivity (Wildman–Crippen MR) is 116 cm³/mol. The van der Waals surface area contributed by atoms with E-state index >= 15 is 0 Å². The summed E-state index contributed by atoms with van der Waals surface area (Å²) in [7, 11) is 1.59. The summed E-state index contributed by atoms with van der Waals surface area (Å²) in [5, 5.41) is 7.51. The van der Waals surface area contributed by atoms with E-state index in [4.69, 9.17) is 4.74 Å². The fraction of sp³-hybridized carbons (Fsp3) is 0.227. The molecule has 0 saturated carbocycles. The normalized spacial score (nSPS) is 11.7. The highest BCUT2D eigenvalue weighted by Crippen LogP contribution is 2.23. The first-order valence-corrected chi connectivity index (χ1v) is 10.0. The van der Waals surface area contributed by atoms with Gasteiger partial charge in [0.25, 0.3) is 5.56 Å². The smallest absolute Gasteiger partial charge is 0.271 e. The Morgan fingerprint density at radius 1 is 1.07 bits per heavy atom. The van der Waals surface area contributed by atoms with Crippen LogP contribution in [0.3, 0.4) is 0 Å². The van der Waals surface area contributed by atoms with Crippen LogP contribution in [0.25, 0.3) is 5.69 Å². The maximum atomic E-state index is 12.5. The second kappa shape index (κ2) is 8.96. The lowest BCUT2D eigenvalue weighted by molar-refractivity contribution is -0.115. The molecule has 1 aromatic heterocycles. The van der Waals surface area contributed by atoms with Crippen LogP contribution in [0, 0.1) is 13.8 Å². The van der Waals surface area contributed by atoms with Gasteiger partial charge in [-0.2, -0.15) is 9.78 Å². The van der Waals surface area contributed by atoms with Crippen molar-refractivity contribution >= 4 is 23.4 Å². The van der Waals surface area contributed by atoms with Gasteiger partial charge in [-0.15, -0.1) is 0 Å². The van der Waals surface area contributed by atoms with E-state index in [9.17, 15) is 9.59 Å². The van der Waals surface area contributed by atoms with E-state index in [0.29, 0.717) is 16.4 Å². The molecule has 1 atom stereocenters. The zero-order chi connectivity index (χ0) is 21.0. The van der Waals surface area contributed by atoms with Crippen LogP contribution >= 0.6 is 11.8 Å². The minimum absolute atomic E-state index is 0.147. The number of hydrogen-bond donors (Lipinski definition) is 1. The van der Waals surface area contributed by atoms with Crippen molar-refractivity contribution < 1.29 is 9.53 Å². The SMILES string of the molecule is COc1ccc(NC(=O)[C@@H](C)Sc2ccc(=O)n(-c3ccc(C)c(C)c3)n2)cc1. The summed E-state index contributed by atoms with van der Waals surface area (Å²) in [6.45, 7) is 5.81. The summed E-state index contributed by atoms with van der Waals surface area (Å²) in [6.07, 6.45) is 0. The molecule has 0 aliphatic carbocycles. The summed E-state index contributed by atoms with van der Waals surface area (Å²) in [6, 6.07) is 16.0. The Labute approximate surface area is 173 Å². The third kappa shape index (κ3) is 5.06. The number of anilines is 1. The zero-order valence-corrected chi connectivity index (χ0v) is 17.6. The van der Waals surface area contributed by atoms with Gasteiger partial charge in [0.2, 0.25) is 5.91 Å². The third-order valence-electron chi connectivity index (χ3n) is 4.54. The number of benzene rings is 2. The van der Waals surface area contributed by atoms with Gasteiger partial charge in [0.15, 0.2) is 0 Å². The first-order valence-electron chi connectivity index (χ1n) is 9.17. The first-order chi connectivity index (χ1) is 13.9. The van der Waals surface area contributed by atoms with Crippen LogP contribution in [0.1, 0.15) is 18.1 Å². The number of nitrogens with one attached hydrogen (secondary N) is 1. The van der Waals surface area contributed by atoms with Gasteiger partial charge >= 0.3 is 0 Å². The maximum absolute atomic E-state index is 12.5. The lowest BCUT2D eigenvalue weighted by Gasteiger charge is -2.13. The average molecular weight is 410 g/mol. The van der Waals surface area contributed by atoms with Crippen molar-refractivity contribution in [1.29, 1.82) is 0 Å². The van der Waals surface area contributed by atoms with Gasteiger partial charge in [-0.25, -0.2) is 0 Å². The molecule has 150 valence electrons. The Bertz CT molecular complexity index is 1080. The second-order valence-electron chi connectivity index (χ2n) is 6.67. The van der Waals surface area contributed by atoms with Gasteiger partial charge in [-0.1, -0.05) is 17.8 Å². The molecule has 1 amide bonds. The van der Waals surface area contributed by atoms with Crippen molar-refractivity contribution in [2.45, 2.75) is 31.0 Å². The van der Waals surface area contributed by atoms with Crippen molar-refractivity contribution in [3.63, 3.8) is 0 Å². The van der Waals surface area contributed by atoms with Crippen LogP contribution in [-0.4, -0.2) is 28.0 Å². The number of nitrogens with zero attached hydrogens (tertiary/aromatic N) is 2. The van der Waals surface area contributed by atoms with Crippen LogP contribution in [0.15, 0.2) is 64.4 Å². The standard InChI is InChI=1S/C22H23N3O3S/c1-14-5-8-18(13-15(14)2)25-21(26)12-11-20(24-25)29-16(3)22(27)23-17-6-9-19(28-4)10-7-17/h5-13,16H,1-4H3,(H,23,27)/t16-/m1/s1. The molecule has 0 bridgehead atoms. The number of methoxy groups -OCH3 is 1. The van der Waals surface area contributed by atoms with Gasteiger partial charge in [0, 0.05) is 11.8 Å². The molecule has 1 N–H and O–H groups in total. The maximum Gasteiger partial charge on any atom is 0.271 e. The van der Waals surface area contributed by atoms with E-state index in [1.165, 1.54) is 22.5 Å². The molecule has 0 aliphatic heterocycles. The molecule has 0 unspecified atom stereocenters. The Morgan fingerprint density at radius 3 is 2.45 bits per heavy atom. The monoisotopic (exact) mass is 409 g/mol. The highest BCUT2D eigenvalue weighted by atomic mass is 32.2. The van der Waals surface area contributed by atoms with E-state index in [2.05, 4.69) is 10.4 Å². The summed E-state index contributed by atoms with van der Waals surface area (Å²) < 4.78 is 6.48.